The van der Waals surface area contributed by atoms with Gasteiger partial charge < -0.3 is 23.4 Å². The first kappa shape index (κ1) is 20.7. The molecule has 0 aromatic heterocycles. The molecule has 0 aliphatic rings. The second-order valence-electron chi connectivity index (χ2n) is 7.22. The van der Waals surface area contributed by atoms with Crippen molar-refractivity contribution in [2.24, 2.45) is 0 Å². The first-order chi connectivity index (χ1) is 11.2. The maximum atomic E-state index is 11.2. The molecule has 0 bridgehead atoms. The molecule has 136 valence electrons. The fourth-order valence-corrected chi connectivity index (χ4v) is 3.05. The summed E-state index contributed by atoms with van der Waals surface area (Å²) in [5.74, 6) is 1.31. The summed E-state index contributed by atoms with van der Waals surface area (Å²) in [5, 5.41) is 0.0407. The fraction of sp³-hybridized carbons (Fsp3) is 0.611. The molecule has 1 rings (SSSR count). The van der Waals surface area contributed by atoms with Crippen molar-refractivity contribution in [3.63, 3.8) is 0 Å². The topological polar surface area (TPSA) is 54.0 Å². The molecule has 0 saturated heterocycles. The summed E-state index contributed by atoms with van der Waals surface area (Å²) in [6, 6.07) is 3.77. The van der Waals surface area contributed by atoms with Crippen molar-refractivity contribution in [3.05, 3.63) is 23.3 Å². The van der Waals surface area contributed by atoms with Gasteiger partial charge in [-0.2, -0.15) is 0 Å². The van der Waals surface area contributed by atoms with Crippen molar-refractivity contribution >= 4 is 14.6 Å². The van der Waals surface area contributed by atoms with Gasteiger partial charge in [-0.15, -0.1) is 0 Å². The van der Waals surface area contributed by atoms with Gasteiger partial charge in [0.2, 0.25) is 0 Å². The highest BCUT2D eigenvalue weighted by molar-refractivity contribution is 6.74. The molecule has 0 aliphatic heterocycles. The predicted octanol–water partition coefficient (Wildman–Crippen LogP) is 3.94. The number of hydrogen-bond donors (Lipinski definition) is 0. The average molecular weight is 355 g/mol. The van der Waals surface area contributed by atoms with Gasteiger partial charge in [0.05, 0.1) is 13.7 Å². The largest absolute Gasteiger partial charge is 0.541 e. The Morgan fingerprint density at radius 2 is 1.83 bits per heavy atom. The molecule has 1 aromatic carbocycles. The van der Waals surface area contributed by atoms with E-state index in [1.807, 2.05) is 12.1 Å². The Hall–Kier alpha value is -1.37. The van der Waals surface area contributed by atoms with E-state index in [9.17, 15) is 4.79 Å². The lowest BCUT2D eigenvalue weighted by Crippen LogP contribution is -2.44. The molecule has 0 unspecified atom stereocenters. The molecule has 0 fully saturated rings. The summed E-state index contributed by atoms with van der Waals surface area (Å²) in [5.41, 5.74) is 1.74. The highest BCUT2D eigenvalue weighted by atomic mass is 28.4. The molecule has 0 N–H and O–H groups in total. The Kier molecular flexibility index (Phi) is 7.44. The molecule has 6 heteroatoms. The van der Waals surface area contributed by atoms with Crippen LogP contribution in [0.15, 0.2) is 12.1 Å². The van der Waals surface area contributed by atoms with E-state index < -0.39 is 8.32 Å². The first-order valence-electron chi connectivity index (χ1n) is 8.06. The van der Waals surface area contributed by atoms with Crippen LogP contribution in [0.2, 0.25) is 18.1 Å². The molecule has 5 nitrogen and oxygen atoms in total. The number of aldehydes is 1. The van der Waals surface area contributed by atoms with E-state index in [4.69, 9.17) is 18.6 Å². The summed E-state index contributed by atoms with van der Waals surface area (Å²) in [6.45, 7) is 11.4. The summed E-state index contributed by atoms with van der Waals surface area (Å²) < 4.78 is 22.4. The van der Waals surface area contributed by atoms with Gasteiger partial charge >= 0.3 is 0 Å². The van der Waals surface area contributed by atoms with Crippen molar-refractivity contribution in [2.45, 2.75) is 51.9 Å². The van der Waals surface area contributed by atoms with Crippen LogP contribution in [0.25, 0.3) is 0 Å². The van der Waals surface area contributed by atoms with E-state index in [2.05, 4.69) is 33.9 Å². The van der Waals surface area contributed by atoms with E-state index in [0.717, 1.165) is 17.4 Å². The van der Waals surface area contributed by atoms with Crippen LogP contribution in [0.5, 0.6) is 11.5 Å². The average Bonchev–Trinajstić information content (AvgIpc) is 2.49. The lowest BCUT2D eigenvalue weighted by molar-refractivity contribution is -0.107. The standard InChI is InChI=1S/C18H30O5Si/c1-18(2,3)24(6,7)23-17-15(10-11-19)14(12-22-13-20-4)8-9-16(17)21-5/h8-9,11H,10,12-13H2,1-7H3. The number of benzene rings is 1. The summed E-state index contributed by atoms with van der Waals surface area (Å²) in [6.07, 6.45) is 1.14. The molecule has 0 saturated carbocycles. The van der Waals surface area contributed by atoms with Crippen molar-refractivity contribution in [3.8, 4) is 11.5 Å². The lowest BCUT2D eigenvalue weighted by atomic mass is 10.0. The molecule has 0 heterocycles. The van der Waals surface area contributed by atoms with Crippen molar-refractivity contribution in [1.29, 1.82) is 0 Å². The van der Waals surface area contributed by atoms with Crippen molar-refractivity contribution < 1.29 is 23.4 Å². The second kappa shape index (κ2) is 8.64. The van der Waals surface area contributed by atoms with E-state index in [1.165, 1.54) is 0 Å². The zero-order valence-corrected chi connectivity index (χ0v) is 16.9. The number of methoxy groups -OCH3 is 2. The smallest absolute Gasteiger partial charge is 0.250 e. The van der Waals surface area contributed by atoms with Crippen molar-refractivity contribution in [2.75, 3.05) is 21.0 Å². The van der Waals surface area contributed by atoms with Crippen LogP contribution >= 0.6 is 0 Å². The van der Waals surface area contributed by atoms with Crippen LogP contribution in [-0.2, 0) is 27.3 Å². The second-order valence-corrected chi connectivity index (χ2v) is 11.9. The molecule has 0 atom stereocenters. The summed E-state index contributed by atoms with van der Waals surface area (Å²) >= 11 is 0. The van der Waals surface area contributed by atoms with Gasteiger partial charge in [0.1, 0.15) is 13.1 Å². The highest BCUT2D eigenvalue weighted by Gasteiger charge is 2.40. The molecule has 24 heavy (non-hydrogen) atoms. The number of hydrogen-bond acceptors (Lipinski definition) is 5. The minimum Gasteiger partial charge on any atom is -0.541 e. The number of carbonyl (C=O) groups is 1. The minimum absolute atomic E-state index is 0.0407. The summed E-state index contributed by atoms with van der Waals surface area (Å²) in [7, 11) is 1.11. The quantitative estimate of drug-likeness (QED) is 0.291. The number of rotatable bonds is 9. The van der Waals surface area contributed by atoms with Gasteiger partial charge in [-0.05, 0) is 29.8 Å². The monoisotopic (exact) mass is 354 g/mol. The van der Waals surface area contributed by atoms with Gasteiger partial charge in [0, 0.05) is 19.1 Å². The number of ether oxygens (including phenoxy) is 3. The molecule has 0 radical (unpaired) electrons. The third-order valence-electron chi connectivity index (χ3n) is 4.45. The van der Waals surface area contributed by atoms with E-state index >= 15 is 0 Å². The number of carbonyl (C=O) groups excluding carboxylic acids is 1. The van der Waals surface area contributed by atoms with Gasteiger partial charge in [0.25, 0.3) is 8.32 Å². The van der Waals surface area contributed by atoms with Gasteiger partial charge in [-0.3, -0.25) is 0 Å². The van der Waals surface area contributed by atoms with Crippen LogP contribution in [0.1, 0.15) is 31.9 Å². The molecule has 1 aromatic rings. The van der Waals surface area contributed by atoms with E-state index in [-0.39, 0.29) is 18.3 Å². The lowest BCUT2D eigenvalue weighted by Gasteiger charge is -2.37. The maximum absolute atomic E-state index is 11.2. The Labute approximate surface area is 146 Å². The van der Waals surface area contributed by atoms with Gasteiger partial charge in [-0.1, -0.05) is 26.8 Å². The zero-order chi connectivity index (χ0) is 18.4. The molecule has 0 aliphatic carbocycles. The van der Waals surface area contributed by atoms with Crippen LogP contribution in [0, 0.1) is 0 Å². The van der Waals surface area contributed by atoms with Gasteiger partial charge in [0.15, 0.2) is 11.5 Å². The molecule has 0 amide bonds. The van der Waals surface area contributed by atoms with Crippen LogP contribution < -0.4 is 9.16 Å². The maximum Gasteiger partial charge on any atom is 0.250 e. The first-order valence-corrected chi connectivity index (χ1v) is 11.0. The van der Waals surface area contributed by atoms with E-state index in [0.29, 0.717) is 18.1 Å². The Bertz CT molecular complexity index is 549. The van der Waals surface area contributed by atoms with Gasteiger partial charge in [-0.25, -0.2) is 0 Å². The third kappa shape index (κ3) is 5.06. The Balaban J connectivity index is 3.32. The Morgan fingerprint density at radius 1 is 1.17 bits per heavy atom. The zero-order valence-electron chi connectivity index (χ0n) is 15.9. The van der Waals surface area contributed by atoms with Crippen LogP contribution in [0.3, 0.4) is 0 Å². The molecular weight excluding hydrogens is 324 g/mol. The Morgan fingerprint density at radius 3 is 2.33 bits per heavy atom. The highest BCUT2D eigenvalue weighted by Crippen LogP contribution is 2.42. The van der Waals surface area contributed by atoms with Crippen molar-refractivity contribution in [1.82, 2.24) is 0 Å². The third-order valence-corrected chi connectivity index (χ3v) is 8.78. The molecule has 0 spiro atoms. The van der Waals surface area contributed by atoms with Crippen LogP contribution in [-0.4, -0.2) is 35.6 Å². The predicted molar refractivity (Wildman–Crippen MR) is 97.3 cm³/mol. The minimum atomic E-state index is -2.08. The summed E-state index contributed by atoms with van der Waals surface area (Å²) in [4.78, 5) is 11.2. The van der Waals surface area contributed by atoms with Crippen LogP contribution in [0.4, 0.5) is 0 Å². The molecular formula is C18H30O5Si. The van der Waals surface area contributed by atoms with E-state index in [1.54, 1.807) is 14.2 Å². The fourth-order valence-electron chi connectivity index (χ4n) is 2.01. The SMILES string of the molecule is COCOCc1ccc(OC)c(O[Si](C)(C)C(C)(C)C)c1CC=O. The normalized spacial score (nSPS) is 12.1.